The summed E-state index contributed by atoms with van der Waals surface area (Å²) in [5, 5.41) is 8.17. The molecule has 1 atom stereocenters. The standard InChI is InChI=1S/C22H21FN4O/c1-13-6-4-5-7-21(13)27-15(3)18(12-24-27)14(2)25-22(28)20-11-16-10-17(23)8-9-19(16)26-20/h4-12,14,26H,1-3H3,(H,25,28). The van der Waals surface area contributed by atoms with Crippen LogP contribution < -0.4 is 5.32 Å². The van der Waals surface area contributed by atoms with Crippen LogP contribution in [0.1, 0.15) is 40.3 Å². The van der Waals surface area contributed by atoms with Crippen molar-refractivity contribution >= 4 is 16.8 Å². The van der Waals surface area contributed by atoms with Crippen LogP contribution in [0.4, 0.5) is 4.39 Å². The highest BCUT2D eigenvalue weighted by atomic mass is 19.1. The second-order valence-electron chi connectivity index (χ2n) is 6.99. The Labute approximate surface area is 162 Å². The molecule has 2 aromatic heterocycles. The van der Waals surface area contributed by atoms with E-state index < -0.39 is 0 Å². The summed E-state index contributed by atoms with van der Waals surface area (Å²) >= 11 is 0. The van der Waals surface area contributed by atoms with E-state index in [0.29, 0.717) is 11.1 Å². The molecule has 0 aliphatic carbocycles. The summed E-state index contributed by atoms with van der Waals surface area (Å²) in [7, 11) is 0. The Bertz CT molecular complexity index is 1170. The summed E-state index contributed by atoms with van der Waals surface area (Å²) in [4.78, 5) is 15.7. The number of benzene rings is 2. The van der Waals surface area contributed by atoms with Crippen LogP contribution in [0.25, 0.3) is 16.6 Å². The van der Waals surface area contributed by atoms with Gasteiger partial charge in [-0.25, -0.2) is 9.07 Å². The van der Waals surface area contributed by atoms with Gasteiger partial charge in [0.1, 0.15) is 11.5 Å². The van der Waals surface area contributed by atoms with Crippen LogP contribution >= 0.6 is 0 Å². The first kappa shape index (κ1) is 18.0. The number of nitrogens with one attached hydrogen (secondary N) is 2. The van der Waals surface area contributed by atoms with Crippen molar-refractivity contribution in [2.45, 2.75) is 26.8 Å². The number of halogens is 1. The van der Waals surface area contributed by atoms with Gasteiger partial charge in [0.25, 0.3) is 5.91 Å². The number of aromatic amines is 1. The molecule has 0 saturated carbocycles. The minimum absolute atomic E-state index is 0.228. The molecular formula is C22H21FN4O. The summed E-state index contributed by atoms with van der Waals surface area (Å²) in [6, 6.07) is 13.9. The quantitative estimate of drug-likeness (QED) is 0.547. The van der Waals surface area contributed by atoms with E-state index in [1.807, 2.05) is 49.7 Å². The number of nitrogens with zero attached hydrogens (tertiary/aromatic N) is 2. The molecule has 4 aromatic rings. The highest BCUT2D eigenvalue weighted by Crippen LogP contribution is 2.23. The number of amides is 1. The van der Waals surface area contributed by atoms with Crippen molar-refractivity contribution in [3.8, 4) is 5.69 Å². The van der Waals surface area contributed by atoms with Gasteiger partial charge in [0.2, 0.25) is 0 Å². The first-order chi connectivity index (χ1) is 13.4. The van der Waals surface area contributed by atoms with Gasteiger partial charge in [0.05, 0.1) is 17.9 Å². The number of H-pyrrole nitrogens is 1. The highest BCUT2D eigenvalue weighted by molar-refractivity contribution is 5.98. The van der Waals surface area contributed by atoms with Crippen LogP contribution in [0, 0.1) is 19.7 Å². The number of carbonyl (C=O) groups excluding carboxylic acids is 1. The van der Waals surface area contributed by atoms with Crippen molar-refractivity contribution in [3.05, 3.63) is 83.1 Å². The zero-order chi connectivity index (χ0) is 19.8. The Morgan fingerprint density at radius 3 is 2.75 bits per heavy atom. The molecule has 5 nitrogen and oxygen atoms in total. The van der Waals surface area contributed by atoms with Crippen LogP contribution in [0.3, 0.4) is 0 Å². The van der Waals surface area contributed by atoms with Crippen molar-refractivity contribution in [1.82, 2.24) is 20.1 Å². The number of para-hydroxylation sites is 1. The smallest absolute Gasteiger partial charge is 0.268 e. The lowest BCUT2D eigenvalue weighted by Crippen LogP contribution is -2.27. The number of carbonyl (C=O) groups is 1. The maximum atomic E-state index is 13.4. The monoisotopic (exact) mass is 376 g/mol. The van der Waals surface area contributed by atoms with E-state index in [9.17, 15) is 9.18 Å². The van der Waals surface area contributed by atoms with Crippen LogP contribution in [-0.4, -0.2) is 20.7 Å². The maximum absolute atomic E-state index is 13.4. The molecule has 6 heteroatoms. The lowest BCUT2D eigenvalue weighted by atomic mass is 10.1. The Kier molecular flexibility index (Phi) is 4.47. The van der Waals surface area contributed by atoms with Gasteiger partial charge in [-0.3, -0.25) is 4.79 Å². The van der Waals surface area contributed by atoms with Gasteiger partial charge in [-0.1, -0.05) is 18.2 Å². The van der Waals surface area contributed by atoms with Crippen LogP contribution in [0.5, 0.6) is 0 Å². The molecule has 1 unspecified atom stereocenters. The number of aryl methyl sites for hydroxylation is 1. The van der Waals surface area contributed by atoms with Gasteiger partial charge < -0.3 is 10.3 Å². The normalized spacial score (nSPS) is 12.3. The third-order valence-electron chi connectivity index (χ3n) is 5.03. The molecule has 0 bridgehead atoms. The zero-order valence-electron chi connectivity index (χ0n) is 16.0. The third-order valence-corrected chi connectivity index (χ3v) is 5.03. The van der Waals surface area contributed by atoms with Gasteiger partial charge in [0, 0.05) is 22.2 Å². The molecule has 2 N–H and O–H groups in total. The fraction of sp³-hybridized carbons (Fsp3) is 0.182. The van der Waals surface area contributed by atoms with E-state index in [-0.39, 0.29) is 17.8 Å². The summed E-state index contributed by atoms with van der Waals surface area (Å²) < 4.78 is 15.3. The molecule has 0 fully saturated rings. The summed E-state index contributed by atoms with van der Waals surface area (Å²) in [5.74, 6) is -0.571. The highest BCUT2D eigenvalue weighted by Gasteiger charge is 2.18. The number of rotatable bonds is 4. The van der Waals surface area contributed by atoms with Gasteiger partial charge in [0.15, 0.2) is 0 Å². The lowest BCUT2D eigenvalue weighted by molar-refractivity contribution is 0.0935. The average Bonchev–Trinajstić information content (AvgIpc) is 3.25. The van der Waals surface area contributed by atoms with E-state index in [1.54, 1.807) is 18.3 Å². The number of aromatic nitrogens is 3. The lowest BCUT2D eigenvalue weighted by Gasteiger charge is -2.14. The molecule has 2 heterocycles. The second kappa shape index (κ2) is 6.96. The number of hydrogen-bond donors (Lipinski definition) is 2. The van der Waals surface area contributed by atoms with Gasteiger partial charge in [-0.15, -0.1) is 0 Å². The first-order valence-electron chi connectivity index (χ1n) is 9.13. The molecule has 0 saturated heterocycles. The fourth-order valence-electron chi connectivity index (χ4n) is 3.47. The van der Waals surface area contributed by atoms with E-state index in [2.05, 4.69) is 15.4 Å². The van der Waals surface area contributed by atoms with Crippen LogP contribution in [0.2, 0.25) is 0 Å². The Balaban J connectivity index is 1.57. The molecule has 142 valence electrons. The zero-order valence-corrected chi connectivity index (χ0v) is 16.0. The van der Waals surface area contributed by atoms with Crippen molar-refractivity contribution in [2.75, 3.05) is 0 Å². The molecule has 0 spiro atoms. The van der Waals surface area contributed by atoms with Gasteiger partial charge in [-0.05, 0) is 56.7 Å². The fourth-order valence-corrected chi connectivity index (χ4v) is 3.47. The van der Waals surface area contributed by atoms with Crippen molar-refractivity contribution < 1.29 is 9.18 Å². The van der Waals surface area contributed by atoms with E-state index in [1.165, 1.54) is 12.1 Å². The summed E-state index contributed by atoms with van der Waals surface area (Å²) in [6.07, 6.45) is 1.79. The molecule has 4 rings (SSSR count). The third kappa shape index (κ3) is 3.17. The number of hydrogen-bond acceptors (Lipinski definition) is 2. The van der Waals surface area contributed by atoms with Crippen molar-refractivity contribution in [1.29, 1.82) is 0 Å². The minimum atomic E-state index is -0.328. The van der Waals surface area contributed by atoms with E-state index in [0.717, 1.165) is 28.0 Å². The summed E-state index contributed by atoms with van der Waals surface area (Å²) in [5.41, 5.74) is 5.18. The van der Waals surface area contributed by atoms with E-state index in [4.69, 9.17) is 0 Å². The minimum Gasteiger partial charge on any atom is -0.351 e. The Hall–Kier alpha value is -3.41. The molecule has 28 heavy (non-hydrogen) atoms. The molecule has 1 amide bonds. The number of fused-ring (bicyclic) bond motifs is 1. The summed E-state index contributed by atoms with van der Waals surface area (Å²) in [6.45, 7) is 5.95. The predicted molar refractivity (Wildman–Crippen MR) is 107 cm³/mol. The SMILES string of the molecule is Cc1ccccc1-n1ncc(C(C)NC(=O)c2cc3cc(F)ccc3[nH]2)c1C. The molecule has 0 aliphatic heterocycles. The van der Waals surface area contributed by atoms with Crippen LogP contribution in [0.15, 0.2) is 54.7 Å². The topological polar surface area (TPSA) is 62.7 Å². The predicted octanol–water partition coefficient (Wildman–Crippen LogP) is 4.60. The maximum Gasteiger partial charge on any atom is 0.268 e. The van der Waals surface area contributed by atoms with Crippen molar-refractivity contribution in [3.63, 3.8) is 0 Å². The van der Waals surface area contributed by atoms with Gasteiger partial charge >= 0.3 is 0 Å². The molecular weight excluding hydrogens is 355 g/mol. The first-order valence-corrected chi connectivity index (χ1v) is 9.13. The van der Waals surface area contributed by atoms with Crippen molar-refractivity contribution in [2.24, 2.45) is 0 Å². The van der Waals surface area contributed by atoms with Gasteiger partial charge in [-0.2, -0.15) is 5.10 Å². The van der Waals surface area contributed by atoms with Crippen LogP contribution in [-0.2, 0) is 0 Å². The molecule has 0 aliphatic rings. The average molecular weight is 376 g/mol. The Morgan fingerprint density at radius 1 is 1.18 bits per heavy atom. The second-order valence-corrected chi connectivity index (χ2v) is 6.99. The Morgan fingerprint density at radius 2 is 1.96 bits per heavy atom. The largest absolute Gasteiger partial charge is 0.351 e. The molecule has 2 aromatic carbocycles. The van der Waals surface area contributed by atoms with E-state index >= 15 is 0 Å². The molecule has 0 radical (unpaired) electrons.